The highest BCUT2D eigenvalue weighted by molar-refractivity contribution is 5.88. The van der Waals surface area contributed by atoms with E-state index in [1.165, 1.54) is 5.56 Å². The van der Waals surface area contributed by atoms with Crippen LogP contribution in [-0.2, 0) is 6.42 Å². The molecule has 0 atom stereocenters. The molecule has 0 bridgehead atoms. The van der Waals surface area contributed by atoms with E-state index >= 15 is 0 Å². The van der Waals surface area contributed by atoms with Gasteiger partial charge in [0.25, 0.3) is 0 Å². The maximum atomic E-state index is 5.50. The molecule has 3 nitrogen and oxygen atoms in total. The van der Waals surface area contributed by atoms with Gasteiger partial charge < -0.3 is 9.47 Å². The predicted molar refractivity (Wildman–Crippen MR) is 73.5 cm³/mol. The Morgan fingerprint density at radius 1 is 1.22 bits per heavy atom. The zero-order valence-electron chi connectivity index (χ0n) is 11.2. The summed E-state index contributed by atoms with van der Waals surface area (Å²) in [7, 11) is 1.68. The molecule has 3 heteroatoms. The fourth-order valence-corrected chi connectivity index (χ4v) is 2.12. The molecule has 0 spiro atoms. The van der Waals surface area contributed by atoms with Gasteiger partial charge in [-0.25, -0.2) is 4.98 Å². The minimum Gasteiger partial charge on any atom is -0.496 e. The van der Waals surface area contributed by atoms with Crippen LogP contribution >= 0.6 is 0 Å². The number of methoxy groups -OCH3 is 1. The third kappa shape index (κ3) is 2.40. The van der Waals surface area contributed by atoms with Crippen LogP contribution in [0.2, 0.25) is 0 Å². The van der Waals surface area contributed by atoms with E-state index in [0.29, 0.717) is 12.5 Å². The van der Waals surface area contributed by atoms with Gasteiger partial charge in [0.2, 0.25) is 5.88 Å². The van der Waals surface area contributed by atoms with Crippen molar-refractivity contribution in [3.05, 3.63) is 29.8 Å². The van der Waals surface area contributed by atoms with Crippen molar-refractivity contribution in [2.75, 3.05) is 13.7 Å². The van der Waals surface area contributed by atoms with Crippen LogP contribution in [0.25, 0.3) is 10.9 Å². The van der Waals surface area contributed by atoms with Crippen molar-refractivity contribution in [2.24, 2.45) is 0 Å². The second-order valence-corrected chi connectivity index (χ2v) is 4.16. The Labute approximate surface area is 108 Å². The summed E-state index contributed by atoms with van der Waals surface area (Å²) in [6.07, 6.45) is 2.12. The number of hydrogen-bond acceptors (Lipinski definition) is 3. The van der Waals surface area contributed by atoms with Crippen LogP contribution < -0.4 is 9.47 Å². The lowest BCUT2D eigenvalue weighted by Crippen LogP contribution is -1.98. The molecule has 2 rings (SSSR count). The molecule has 96 valence electrons. The van der Waals surface area contributed by atoms with Gasteiger partial charge in [-0.15, -0.1) is 0 Å². The first-order valence-corrected chi connectivity index (χ1v) is 6.39. The molecule has 0 saturated carbocycles. The van der Waals surface area contributed by atoms with Gasteiger partial charge in [-0.05, 0) is 25.0 Å². The van der Waals surface area contributed by atoms with E-state index in [-0.39, 0.29) is 0 Å². The first-order valence-electron chi connectivity index (χ1n) is 6.39. The molecule has 0 aliphatic rings. The average molecular weight is 245 g/mol. The maximum absolute atomic E-state index is 5.50. The van der Waals surface area contributed by atoms with Crippen LogP contribution in [0.3, 0.4) is 0 Å². The van der Waals surface area contributed by atoms with Gasteiger partial charge in [0, 0.05) is 11.5 Å². The summed E-state index contributed by atoms with van der Waals surface area (Å²) >= 11 is 0. The molecular formula is C15H19NO2. The van der Waals surface area contributed by atoms with Crippen molar-refractivity contribution in [3.63, 3.8) is 0 Å². The number of rotatable bonds is 5. The van der Waals surface area contributed by atoms with E-state index < -0.39 is 0 Å². The number of aryl methyl sites for hydroxylation is 1. The third-order valence-electron chi connectivity index (χ3n) is 2.89. The fourth-order valence-electron chi connectivity index (χ4n) is 2.12. The quantitative estimate of drug-likeness (QED) is 0.806. The Morgan fingerprint density at radius 2 is 2.06 bits per heavy atom. The van der Waals surface area contributed by atoms with E-state index in [4.69, 9.17) is 9.47 Å². The zero-order chi connectivity index (χ0) is 13.0. The highest BCUT2D eigenvalue weighted by atomic mass is 16.5. The average Bonchev–Trinajstić information content (AvgIpc) is 2.39. The Kier molecular flexibility index (Phi) is 4.03. The summed E-state index contributed by atoms with van der Waals surface area (Å²) in [5.41, 5.74) is 2.23. The van der Waals surface area contributed by atoms with Gasteiger partial charge >= 0.3 is 0 Å². The number of hydrogen-bond donors (Lipinski definition) is 0. The van der Waals surface area contributed by atoms with Crippen LogP contribution in [0.1, 0.15) is 25.8 Å². The molecule has 1 aromatic carbocycles. The molecule has 2 aromatic rings. The highest BCUT2D eigenvalue weighted by Gasteiger charge is 2.09. The molecule has 0 amide bonds. The molecule has 0 unspecified atom stereocenters. The van der Waals surface area contributed by atoms with Gasteiger partial charge in [-0.1, -0.05) is 25.5 Å². The molecule has 18 heavy (non-hydrogen) atoms. The van der Waals surface area contributed by atoms with Crippen molar-refractivity contribution in [1.82, 2.24) is 4.98 Å². The SMILES string of the molecule is CCCc1cccc2c(OC)cc(OCC)nc12. The molecule has 0 aliphatic heterocycles. The number of para-hydroxylation sites is 1. The molecule has 0 saturated heterocycles. The maximum Gasteiger partial charge on any atom is 0.217 e. The minimum absolute atomic E-state index is 0.609. The number of nitrogens with zero attached hydrogens (tertiary/aromatic N) is 1. The predicted octanol–water partition coefficient (Wildman–Crippen LogP) is 3.59. The van der Waals surface area contributed by atoms with Crippen LogP contribution in [0.5, 0.6) is 11.6 Å². The smallest absolute Gasteiger partial charge is 0.217 e. The molecular weight excluding hydrogens is 226 g/mol. The zero-order valence-corrected chi connectivity index (χ0v) is 11.2. The first-order chi connectivity index (χ1) is 8.80. The molecule has 0 fully saturated rings. The van der Waals surface area contributed by atoms with E-state index in [1.807, 2.05) is 19.1 Å². The van der Waals surface area contributed by atoms with Crippen molar-refractivity contribution in [2.45, 2.75) is 26.7 Å². The van der Waals surface area contributed by atoms with Crippen LogP contribution in [0.15, 0.2) is 24.3 Å². The van der Waals surface area contributed by atoms with Crippen molar-refractivity contribution in [3.8, 4) is 11.6 Å². The van der Waals surface area contributed by atoms with Gasteiger partial charge in [-0.3, -0.25) is 0 Å². The number of fused-ring (bicyclic) bond motifs is 1. The molecule has 1 aromatic heterocycles. The van der Waals surface area contributed by atoms with Gasteiger partial charge in [0.1, 0.15) is 5.75 Å². The lowest BCUT2D eigenvalue weighted by Gasteiger charge is -2.11. The third-order valence-corrected chi connectivity index (χ3v) is 2.89. The summed E-state index contributed by atoms with van der Waals surface area (Å²) in [4.78, 5) is 4.59. The largest absolute Gasteiger partial charge is 0.496 e. The van der Waals surface area contributed by atoms with Crippen LogP contribution in [-0.4, -0.2) is 18.7 Å². The number of benzene rings is 1. The van der Waals surface area contributed by atoms with E-state index in [2.05, 4.69) is 24.0 Å². The molecule has 0 radical (unpaired) electrons. The Morgan fingerprint density at radius 3 is 2.72 bits per heavy atom. The van der Waals surface area contributed by atoms with Crippen molar-refractivity contribution in [1.29, 1.82) is 0 Å². The van der Waals surface area contributed by atoms with Crippen LogP contribution in [0, 0.1) is 0 Å². The van der Waals surface area contributed by atoms with Crippen molar-refractivity contribution >= 4 is 10.9 Å². The number of ether oxygens (including phenoxy) is 2. The summed E-state index contributed by atoms with van der Waals surface area (Å²) in [6.45, 7) is 4.73. The minimum atomic E-state index is 0.609. The Balaban J connectivity index is 2.63. The van der Waals surface area contributed by atoms with E-state index in [1.54, 1.807) is 7.11 Å². The van der Waals surface area contributed by atoms with Gasteiger partial charge in [0.05, 0.1) is 19.2 Å². The second kappa shape index (κ2) is 5.71. The van der Waals surface area contributed by atoms with Gasteiger partial charge in [0.15, 0.2) is 0 Å². The summed E-state index contributed by atoms with van der Waals surface area (Å²) < 4.78 is 10.9. The van der Waals surface area contributed by atoms with E-state index in [9.17, 15) is 0 Å². The van der Waals surface area contributed by atoms with E-state index in [0.717, 1.165) is 29.5 Å². The lowest BCUT2D eigenvalue weighted by molar-refractivity contribution is 0.324. The lowest BCUT2D eigenvalue weighted by atomic mass is 10.1. The molecule has 0 N–H and O–H groups in total. The second-order valence-electron chi connectivity index (χ2n) is 4.16. The Bertz CT molecular complexity index is 537. The topological polar surface area (TPSA) is 31.4 Å². The summed E-state index contributed by atoms with van der Waals surface area (Å²) in [5, 5.41) is 1.05. The van der Waals surface area contributed by atoms with Gasteiger partial charge in [-0.2, -0.15) is 0 Å². The normalized spacial score (nSPS) is 10.6. The Hall–Kier alpha value is -1.77. The molecule has 0 aliphatic carbocycles. The summed E-state index contributed by atoms with van der Waals surface area (Å²) in [6, 6.07) is 8.06. The number of pyridine rings is 1. The monoisotopic (exact) mass is 245 g/mol. The fraction of sp³-hybridized carbons (Fsp3) is 0.400. The standard InChI is InChI=1S/C15H19NO2/c1-4-7-11-8-6-9-12-13(17-3)10-14(18-5-2)16-15(11)12/h6,8-10H,4-5,7H2,1-3H3. The first kappa shape index (κ1) is 12.7. The van der Waals surface area contributed by atoms with Crippen molar-refractivity contribution < 1.29 is 9.47 Å². The summed E-state index contributed by atoms with van der Waals surface area (Å²) in [5.74, 6) is 1.45. The highest BCUT2D eigenvalue weighted by Crippen LogP contribution is 2.30. The van der Waals surface area contributed by atoms with Crippen LogP contribution in [0.4, 0.5) is 0 Å². The number of aromatic nitrogens is 1. The molecule has 1 heterocycles.